The fourth-order valence-corrected chi connectivity index (χ4v) is 6.88. The van der Waals surface area contributed by atoms with Crippen LogP contribution in [0.4, 0.5) is 0 Å². The minimum absolute atomic E-state index is 0.241. The lowest BCUT2D eigenvalue weighted by Gasteiger charge is -2.39. The van der Waals surface area contributed by atoms with Crippen molar-refractivity contribution < 1.29 is 9.53 Å². The second-order valence-corrected chi connectivity index (χ2v) is 16.6. The second-order valence-electron chi connectivity index (χ2n) is 11.8. The molecule has 2 aliphatic rings. The van der Waals surface area contributed by atoms with Crippen LogP contribution in [0.5, 0.6) is 5.75 Å². The fourth-order valence-electron chi connectivity index (χ4n) is 5.58. The number of allylic oxidation sites excluding steroid dienone is 1. The highest BCUT2D eigenvalue weighted by molar-refractivity contribution is 6.74. The van der Waals surface area contributed by atoms with Crippen molar-refractivity contribution in [2.75, 3.05) is 0 Å². The van der Waals surface area contributed by atoms with Crippen LogP contribution < -0.4 is 0 Å². The van der Waals surface area contributed by atoms with E-state index in [4.69, 9.17) is 4.43 Å². The molecule has 174 valence electrons. The second kappa shape index (κ2) is 9.83. The van der Waals surface area contributed by atoms with Crippen LogP contribution in [0.2, 0.25) is 18.1 Å². The third-order valence-electron chi connectivity index (χ3n) is 8.49. The Balaban J connectivity index is 1.76. The molecule has 1 aromatic rings. The van der Waals surface area contributed by atoms with Gasteiger partial charge < -0.3 is 9.53 Å². The molecule has 0 aliphatic heterocycles. The molecule has 1 saturated carbocycles. The Morgan fingerprint density at radius 2 is 1.94 bits per heavy atom. The molecule has 0 unspecified atom stereocenters. The Morgan fingerprint density at radius 3 is 2.61 bits per heavy atom. The van der Waals surface area contributed by atoms with E-state index in [9.17, 15) is 5.11 Å². The molecule has 5 atom stereocenters. The SMILES string of the molecule is CCCCC[C@@H](/C=C/[C@@H]1[C@H]2Cc3cccc(O)c3C[C@H]2C[C@H]1C)O[Si](C)(C)C(C)(C)C. The molecule has 2 nitrogen and oxygen atoms in total. The van der Waals surface area contributed by atoms with Gasteiger partial charge in [-0.15, -0.1) is 0 Å². The summed E-state index contributed by atoms with van der Waals surface area (Å²) in [5.41, 5.74) is 2.57. The van der Waals surface area contributed by atoms with Gasteiger partial charge >= 0.3 is 0 Å². The lowest BCUT2D eigenvalue weighted by atomic mass is 9.74. The number of phenols is 1. The number of hydrogen-bond donors (Lipinski definition) is 1. The maximum Gasteiger partial charge on any atom is 0.192 e. The van der Waals surface area contributed by atoms with Gasteiger partial charge in [0.25, 0.3) is 0 Å². The quantitative estimate of drug-likeness (QED) is 0.252. The standard InChI is InChI=1S/C28H46O2Si/c1-8-9-10-13-23(30-31(6,7)28(3,4)5)15-16-24-20(2)17-22-19-26-21(18-25(22)24)12-11-14-27(26)29/h11-12,14-16,20,22-25,29H,8-10,13,17-19H2,1-7H3/b16-15+/t20-,22-,23+,24+,25+/m1/s1. The molecule has 1 N–H and O–H groups in total. The van der Waals surface area contributed by atoms with E-state index in [1.165, 1.54) is 36.8 Å². The van der Waals surface area contributed by atoms with E-state index in [-0.39, 0.29) is 11.1 Å². The van der Waals surface area contributed by atoms with Gasteiger partial charge in [0.05, 0.1) is 6.10 Å². The topological polar surface area (TPSA) is 29.5 Å². The molecular formula is C28H46O2Si. The fraction of sp³-hybridized carbons (Fsp3) is 0.714. The van der Waals surface area contributed by atoms with Gasteiger partial charge in [-0.05, 0) is 84.7 Å². The zero-order valence-electron chi connectivity index (χ0n) is 21.1. The Bertz CT molecular complexity index is 761. The number of aromatic hydroxyl groups is 1. The molecule has 0 saturated heterocycles. The van der Waals surface area contributed by atoms with Crippen LogP contribution >= 0.6 is 0 Å². The number of fused-ring (bicyclic) bond motifs is 2. The first-order chi connectivity index (χ1) is 14.5. The van der Waals surface area contributed by atoms with Gasteiger partial charge in [0.1, 0.15) is 5.75 Å². The first-order valence-electron chi connectivity index (χ1n) is 12.7. The van der Waals surface area contributed by atoms with Crippen molar-refractivity contribution in [3.8, 4) is 5.75 Å². The molecule has 0 bridgehead atoms. The molecule has 3 heteroatoms. The van der Waals surface area contributed by atoms with E-state index < -0.39 is 8.32 Å². The maximum absolute atomic E-state index is 10.3. The molecular weight excluding hydrogens is 396 g/mol. The molecule has 0 aromatic heterocycles. The van der Waals surface area contributed by atoms with Crippen molar-refractivity contribution in [1.82, 2.24) is 0 Å². The van der Waals surface area contributed by atoms with Crippen LogP contribution in [-0.4, -0.2) is 19.5 Å². The number of hydrogen-bond acceptors (Lipinski definition) is 2. The van der Waals surface area contributed by atoms with Gasteiger partial charge in [-0.3, -0.25) is 0 Å². The van der Waals surface area contributed by atoms with Gasteiger partial charge in [0.2, 0.25) is 0 Å². The van der Waals surface area contributed by atoms with Crippen molar-refractivity contribution in [1.29, 1.82) is 0 Å². The molecule has 0 spiro atoms. The average molecular weight is 443 g/mol. The summed E-state index contributed by atoms with van der Waals surface area (Å²) in [7, 11) is -1.79. The summed E-state index contributed by atoms with van der Waals surface area (Å²) < 4.78 is 6.87. The highest BCUT2D eigenvalue weighted by atomic mass is 28.4. The number of phenolic OH excluding ortho intramolecular Hbond substituents is 1. The van der Waals surface area contributed by atoms with E-state index >= 15 is 0 Å². The molecule has 2 aliphatic carbocycles. The highest BCUT2D eigenvalue weighted by Gasteiger charge is 2.43. The van der Waals surface area contributed by atoms with Gasteiger partial charge in [-0.25, -0.2) is 0 Å². The van der Waals surface area contributed by atoms with E-state index in [1.54, 1.807) is 0 Å². The first kappa shape index (κ1) is 24.6. The monoisotopic (exact) mass is 442 g/mol. The van der Waals surface area contributed by atoms with Crippen LogP contribution in [0.25, 0.3) is 0 Å². The van der Waals surface area contributed by atoms with Crippen LogP contribution in [-0.2, 0) is 17.3 Å². The van der Waals surface area contributed by atoms with Gasteiger partial charge in [0.15, 0.2) is 8.32 Å². The number of rotatable bonds is 8. The Kier molecular flexibility index (Phi) is 7.79. The average Bonchev–Trinajstić information content (AvgIpc) is 2.98. The first-order valence-corrected chi connectivity index (χ1v) is 15.6. The molecule has 0 amide bonds. The van der Waals surface area contributed by atoms with Crippen LogP contribution in [0.1, 0.15) is 77.8 Å². The molecule has 31 heavy (non-hydrogen) atoms. The summed E-state index contributed by atoms with van der Waals surface area (Å²) in [6, 6.07) is 6.09. The van der Waals surface area contributed by atoms with Gasteiger partial charge in [-0.2, -0.15) is 0 Å². The van der Waals surface area contributed by atoms with Gasteiger partial charge in [-0.1, -0.05) is 78.2 Å². The summed E-state index contributed by atoms with van der Waals surface area (Å²) >= 11 is 0. The number of unbranched alkanes of at least 4 members (excludes halogenated alkanes) is 2. The Labute approximate surface area is 192 Å². The van der Waals surface area contributed by atoms with Crippen molar-refractivity contribution in [3.05, 3.63) is 41.5 Å². The summed E-state index contributed by atoms with van der Waals surface area (Å²) in [5, 5.41) is 10.6. The molecule has 0 radical (unpaired) electrons. The summed E-state index contributed by atoms with van der Waals surface area (Å²) in [6.07, 6.45) is 13.6. The van der Waals surface area contributed by atoms with Crippen LogP contribution in [0, 0.1) is 23.7 Å². The summed E-state index contributed by atoms with van der Waals surface area (Å²) in [6.45, 7) is 16.5. The molecule has 1 aromatic carbocycles. The zero-order valence-corrected chi connectivity index (χ0v) is 22.1. The van der Waals surface area contributed by atoms with Crippen molar-refractivity contribution in [3.63, 3.8) is 0 Å². The van der Waals surface area contributed by atoms with Crippen LogP contribution in [0.3, 0.4) is 0 Å². The Morgan fingerprint density at radius 1 is 1.19 bits per heavy atom. The zero-order chi connectivity index (χ0) is 22.8. The summed E-state index contributed by atoms with van der Waals surface area (Å²) in [4.78, 5) is 0. The maximum atomic E-state index is 10.3. The minimum atomic E-state index is -1.79. The normalized spacial score (nSPS) is 27.3. The van der Waals surface area contributed by atoms with E-state index in [1.807, 2.05) is 12.1 Å². The van der Waals surface area contributed by atoms with E-state index in [0.717, 1.165) is 19.3 Å². The lowest BCUT2D eigenvalue weighted by Crippen LogP contribution is -2.43. The molecule has 0 heterocycles. The third kappa shape index (κ3) is 5.65. The molecule has 1 fully saturated rings. The number of benzene rings is 1. The van der Waals surface area contributed by atoms with Crippen molar-refractivity contribution in [2.45, 2.75) is 104 Å². The van der Waals surface area contributed by atoms with E-state index in [0.29, 0.717) is 29.4 Å². The smallest absolute Gasteiger partial charge is 0.192 e. The van der Waals surface area contributed by atoms with Crippen molar-refractivity contribution in [2.24, 2.45) is 23.7 Å². The van der Waals surface area contributed by atoms with Gasteiger partial charge in [0, 0.05) is 0 Å². The largest absolute Gasteiger partial charge is 0.508 e. The van der Waals surface area contributed by atoms with Crippen molar-refractivity contribution >= 4 is 8.32 Å². The summed E-state index contributed by atoms with van der Waals surface area (Å²) in [5.74, 6) is 3.22. The predicted molar refractivity (Wildman–Crippen MR) is 135 cm³/mol. The van der Waals surface area contributed by atoms with E-state index in [2.05, 4.69) is 65.9 Å². The Hall–Kier alpha value is -1.06. The molecule has 3 rings (SSSR count). The highest BCUT2D eigenvalue weighted by Crippen LogP contribution is 2.50. The predicted octanol–water partition coefficient (Wildman–Crippen LogP) is 7.91. The van der Waals surface area contributed by atoms with Crippen LogP contribution in [0.15, 0.2) is 30.4 Å². The third-order valence-corrected chi connectivity index (χ3v) is 13.0. The minimum Gasteiger partial charge on any atom is -0.508 e. The lowest BCUT2D eigenvalue weighted by molar-refractivity contribution is 0.209.